The number of amides is 1. The number of nitrogens with zero attached hydrogens (tertiary/aromatic N) is 2. The number of likely N-dealkylation sites (tertiary alicyclic amines) is 1. The highest BCUT2D eigenvalue weighted by Crippen LogP contribution is 2.38. The molecule has 1 N–H and O–H groups in total. The van der Waals surface area contributed by atoms with Gasteiger partial charge in [-0.25, -0.2) is 0 Å². The number of rotatable bonds is 6. The monoisotopic (exact) mass is 479 g/mol. The zero-order valence-corrected chi connectivity index (χ0v) is 22.0. The first-order chi connectivity index (χ1) is 16.8. The highest BCUT2D eigenvalue weighted by Gasteiger charge is 2.32. The van der Waals surface area contributed by atoms with Crippen LogP contribution in [0.5, 0.6) is 5.75 Å². The summed E-state index contributed by atoms with van der Waals surface area (Å²) in [6, 6.07) is 6.65. The molecule has 3 aliphatic rings. The van der Waals surface area contributed by atoms with Crippen LogP contribution >= 0.6 is 0 Å². The van der Waals surface area contributed by atoms with E-state index in [4.69, 9.17) is 9.47 Å². The third-order valence-corrected chi connectivity index (χ3v) is 7.45. The van der Waals surface area contributed by atoms with Gasteiger partial charge in [0.2, 0.25) is 0 Å². The van der Waals surface area contributed by atoms with Crippen LogP contribution in [0.3, 0.4) is 0 Å². The predicted molar refractivity (Wildman–Crippen MR) is 140 cm³/mol. The van der Waals surface area contributed by atoms with Gasteiger partial charge in [0.25, 0.3) is 5.91 Å². The lowest BCUT2D eigenvalue weighted by Crippen LogP contribution is -2.41. The molecule has 35 heavy (non-hydrogen) atoms. The van der Waals surface area contributed by atoms with E-state index in [1.54, 1.807) is 7.11 Å². The van der Waals surface area contributed by atoms with Gasteiger partial charge in [-0.1, -0.05) is 30.4 Å². The smallest absolute Gasteiger partial charge is 0.267 e. The Morgan fingerprint density at radius 1 is 1.23 bits per heavy atom. The summed E-state index contributed by atoms with van der Waals surface area (Å²) in [6.07, 6.45) is 11.8. The number of likely N-dealkylation sites (N-methyl/N-ethyl adjacent to an activating group) is 1. The molecule has 0 spiro atoms. The molecule has 1 unspecified atom stereocenters. The molecule has 6 nitrogen and oxygen atoms in total. The first-order valence-corrected chi connectivity index (χ1v) is 12.9. The van der Waals surface area contributed by atoms with E-state index in [2.05, 4.69) is 55.3 Å². The number of para-hydroxylation sites is 1. The van der Waals surface area contributed by atoms with Crippen LogP contribution in [0.4, 0.5) is 0 Å². The SMILES string of the molecule is COC1=C/C/C=C(/C(=O)NCC2CCN(Cc3cccc4c3OC(C)(C)C4)CC2)N(C)C(C)/C=C\1. The highest BCUT2D eigenvalue weighted by atomic mass is 16.5. The molecule has 3 heterocycles. The summed E-state index contributed by atoms with van der Waals surface area (Å²) >= 11 is 0. The Kier molecular flexibility index (Phi) is 7.90. The van der Waals surface area contributed by atoms with E-state index in [-0.39, 0.29) is 17.6 Å². The number of carbonyl (C=O) groups excluding carboxylic acids is 1. The molecule has 1 fully saturated rings. The van der Waals surface area contributed by atoms with Crippen molar-refractivity contribution in [2.75, 3.05) is 33.8 Å². The summed E-state index contributed by atoms with van der Waals surface area (Å²) in [5, 5.41) is 3.21. The lowest BCUT2D eigenvalue weighted by atomic mass is 9.96. The predicted octanol–water partition coefficient (Wildman–Crippen LogP) is 4.42. The molecule has 1 aromatic rings. The normalized spacial score (nSPS) is 26.7. The van der Waals surface area contributed by atoms with E-state index in [0.29, 0.717) is 18.0 Å². The second kappa shape index (κ2) is 10.9. The number of ether oxygens (including phenoxy) is 2. The lowest BCUT2D eigenvalue weighted by molar-refractivity contribution is -0.119. The van der Waals surface area contributed by atoms with Crippen molar-refractivity contribution in [1.82, 2.24) is 15.1 Å². The van der Waals surface area contributed by atoms with E-state index < -0.39 is 0 Å². The molecule has 1 atom stereocenters. The van der Waals surface area contributed by atoms with Gasteiger partial charge < -0.3 is 19.7 Å². The molecule has 0 saturated carbocycles. The number of carbonyl (C=O) groups is 1. The van der Waals surface area contributed by atoms with Gasteiger partial charge in [-0.05, 0) is 76.8 Å². The summed E-state index contributed by atoms with van der Waals surface area (Å²) in [5.41, 5.74) is 3.23. The van der Waals surface area contributed by atoms with Gasteiger partial charge in [-0.2, -0.15) is 0 Å². The third kappa shape index (κ3) is 6.29. The fourth-order valence-corrected chi connectivity index (χ4v) is 5.21. The van der Waals surface area contributed by atoms with Crippen LogP contribution in [0, 0.1) is 5.92 Å². The Hall–Kier alpha value is -2.73. The van der Waals surface area contributed by atoms with Gasteiger partial charge in [0, 0.05) is 38.2 Å². The van der Waals surface area contributed by atoms with Gasteiger partial charge in [0.05, 0.1) is 12.8 Å². The maximum Gasteiger partial charge on any atom is 0.267 e. The molecule has 0 aromatic heterocycles. The molecule has 0 radical (unpaired) electrons. The quantitative estimate of drug-likeness (QED) is 0.655. The largest absolute Gasteiger partial charge is 0.497 e. The molecule has 1 saturated heterocycles. The second-order valence-electron chi connectivity index (χ2n) is 10.7. The van der Waals surface area contributed by atoms with Crippen molar-refractivity contribution in [2.45, 2.75) is 64.6 Å². The summed E-state index contributed by atoms with van der Waals surface area (Å²) in [5.74, 6) is 2.43. The van der Waals surface area contributed by atoms with E-state index in [1.807, 2.05) is 30.2 Å². The summed E-state index contributed by atoms with van der Waals surface area (Å²) in [7, 11) is 3.65. The number of hydrogen-bond donors (Lipinski definition) is 1. The number of allylic oxidation sites excluding steroid dienone is 3. The highest BCUT2D eigenvalue weighted by molar-refractivity contribution is 5.92. The fourth-order valence-electron chi connectivity index (χ4n) is 5.21. The van der Waals surface area contributed by atoms with Crippen LogP contribution < -0.4 is 10.1 Å². The van der Waals surface area contributed by atoms with Gasteiger partial charge in [0.1, 0.15) is 17.1 Å². The van der Waals surface area contributed by atoms with Crippen LogP contribution in [-0.4, -0.2) is 61.1 Å². The first-order valence-electron chi connectivity index (χ1n) is 12.9. The summed E-state index contributed by atoms with van der Waals surface area (Å²) in [4.78, 5) is 17.6. The topological polar surface area (TPSA) is 54.0 Å². The maximum absolute atomic E-state index is 13.1. The van der Waals surface area contributed by atoms with E-state index in [9.17, 15) is 4.79 Å². The van der Waals surface area contributed by atoms with Crippen LogP contribution in [0.15, 0.2) is 54.0 Å². The van der Waals surface area contributed by atoms with Gasteiger partial charge in [-0.15, -0.1) is 0 Å². The average molecular weight is 480 g/mol. The van der Waals surface area contributed by atoms with E-state index >= 15 is 0 Å². The summed E-state index contributed by atoms with van der Waals surface area (Å²) < 4.78 is 11.6. The van der Waals surface area contributed by atoms with Crippen LogP contribution in [0.25, 0.3) is 0 Å². The molecule has 0 aliphatic carbocycles. The van der Waals surface area contributed by atoms with Crippen molar-refractivity contribution in [3.63, 3.8) is 0 Å². The zero-order valence-electron chi connectivity index (χ0n) is 22.0. The second-order valence-corrected chi connectivity index (χ2v) is 10.7. The van der Waals surface area contributed by atoms with E-state index in [1.165, 1.54) is 11.1 Å². The first kappa shape index (κ1) is 25.4. The number of methoxy groups -OCH3 is 1. The standard InChI is InChI=1S/C29H41N3O3/c1-21-12-13-25(34-5)10-7-11-26(31(21)4)28(33)30-19-22-14-16-32(17-15-22)20-24-9-6-8-23-18-29(2,3)35-27(23)24/h6,8-13,21-22H,7,14-20H2,1-5H3,(H,30,33)/b13-12-,25-10+,26-11-. The number of piperidine rings is 1. The van der Waals surface area contributed by atoms with Gasteiger partial charge >= 0.3 is 0 Å². The molecule has 6 heteroatoms. The summed E-state index contributed by atoms with van der Waals surface area (Å²) in [6.45, 7) is 10.1. The number of nitrogens with one attached hydrogen (secondary N) is 1. The van der Waals surface area contributed by atoms with E-state index in [0.717, 1.165) is 57.0 Å². The minimum Gasteiger partial charge on any atom is -0.497 e. The molecule has 4 rings (SSSR count). The minimum atomic E-state index is -0.112. The van der Waals surface area contributed by atoms with Crippen LogP contribution in [-0.2, 0) is 22.5 Å². The number of hydrogen-bond acceptors (Lipinski definition) is 5. The molecule has 1 aromatic carbocycles. The van der Waals surface area contributed by atoms with Crippen LogP contribution in [0.1, 0.15) is 51.2 Å². The molecular weight excluding hydrogens is 438 g/mol. The Morgan fingerprint density at radius 2 is 2.00 bits per heavy atom. The van der Waals surface area contributed by atoms with Crippen LogP contribution in [0.2, 0.25) is 0 Å². The molecule has 0 bridgehead atoms. The van der Waals surface area contributed by atoms with Crippen molar-refractivity contribution in [3.8, 4) is 5.75 Å². The number of fused-ring (bicyclic) bond motifs is 1. The fraction of sp³-hybridized carbons (Fsp3) is 0.552. The molecule has 3 aliphatic heterocycles. The van der Waals surface area contributed by atoms with Crippen molar-refractivity contribution < 1.29 is 14.3 Å². The average Bonchev–Trinajstić information content (AvgIpc) is 3.19. The van der Waals surface area contributed by atoms with Crippen molar-refractivity contribution in [3.05, 3.63) is 65.1 Å². The Labute approximate surface area is 210 Å². The Morgan fingerprint density at radius 3 is 2.74 bits per heavy atom. The molecule has 1 amide bonds. The zero-order chi connectivity index (χ0) is 25.0. The minimum absolute atomic E-state index is 0.00376. The number of benzene rings is 1. The third-order valence-electron chi connectivity index (χ3n) is 7.45. The van der Waals surface area contributed by atoms with Crippen molar-refractivity contribution >= 4 is 5.91 Å². The maximum atomic E-state index is 13.1. The Bertz CT molecular complexity index is 1000. The van der Waals surface area contributed by atoms with Crippen molar-refractivity contribution in [2.24, 2.45) is 5.92 Å². The molecule has 190 valence electrons. The van der Waals surface area contributed by atoms with Crippen molar-refractivity contribution in [1.29, 1.82) is 0 Å². The van der Waals surface area contributed by atoms with Gasteiger partial charge in [0.15, 0.2) is 0 Å². The lowest BCUT2D eigenvalue weighted by Gasteiger charge is -2.33. The van der Waals surface area contributed by atoms with Gasteiger partial charge in [-0.3, -0.25) is 9.69 Å². The Balaban J connectivity index is 1.28. The molecular formula is C29H41N3O3.